The molecule has 6 heteroatoms. The van der Waals surface area contributed by atoms with Crippen LogP contribution in [0.3, 0.4) is 0 Å². The van der Waals surface area contributed by atoms with E-state index in [1.807, 2.05) is 0 Å². The zero-order valence-electron chi connectivity index (χ0n) is 21.0. The first-order chi connectivity index (χ1) is 17.6. The molecule has 36 heavy (non-hydrogen) atoms. The van der Waals surface area contributed by atoms with E-state index in [1.165, 1.54) is 44.9 Å². The van der Waals surface area contributed by atoms with Crippen LogP contribution in [0.4, 0.5) is 0 Å². The Labute approximate surface area is 212 Å². The molecular formula is C30H34N4O2. The smallest absolute Gasteiger partial charge is 0.267 e. The molecule has 2 aromatic carbocycles. The van der Waals surface area contributed by atoms with Gasteiger partial charge in [-0.1, -0.05) is 43.3 Å². The number of H-pyrrole nitrogens is 1. The van der Waals surface area contributed by atoms with Crippen molar-refractivity contribution in [3.63, 3.8) is 0 Å². The van der Waals surface area contributed by atoms with Crippen molar-refractivity contribution in [3.05, 3.63) is 101 Å². The van der Waals surface area contributed by atoms with Gasteiger partial charge in [0, 0.05) is 61.2 Å². The van der Waals surface area contributed by atoms with Gasteiger partial charge in [-0.3, -0.25) is 14.9 Å². The first-order valence-corrected chi connectivity index (χ1v) is 12.7. The van der Waals surface area contributed by atoms with Crippen LogP contribution in [0.15, 0.2) is 67.0 Å². The van der Waals surface area contributed by atoms with Crippen LogP contribution < -0.4 is 5.48 Å². The monoisotopic (exact) mass is 482 g/mol. The molecule has 1 atom stereocenters. The normalized spacial score (nSPS) is 15.3. The number of aromatic amines is 1. The minimum absolute atomic E-state index is 0.355. The summed E-state index contributed by atoms with van der Waals surface area (Å²) < 4.78 is 2.23. The van der Waals surface area contributed by atoms with Crippen molar-refractivity contribution in [1.29, 1.82) is 0 Å². The summed E-state index contributed by atoms with van der Waals surface area (Å²) in [6, 6.07) is 17.7. The number of rotatable bonds is 9. The lowest BCUT2D eigenvalue weighted by atomic mass is 10.0. The van der Waals surface area contributed by atoms with Crippen LogP contribution >= 0.6 is 0 Å². The van der Waals surface area contributed by atoms with E-state index in [-0.39, 0.29) is 0 Å². The fourth-order valence-corrected chi connectivity index (χ4v) is 5.56. The Morgan fingerprint density at radius 2 is 2.11 bits per heavy atom. The van der Waals surface area contributed by atoms with Gasteiger partial charge >= 0.3 is 0 Å². The highest BCUT2D eigenvalue weighted by Gasteiger charge is 2.28. The zero-order chi connectivity index (χ0) is 25.1. The number of amides is 1. The standard InChI is InChI=1S/C30H34N4O2/c1-3-25-17-22(18-31-25)19-34(15-14-24-20-33(2)28-7-5-4-6-26(24)28)29-12-10-23-16-21(8-11-27(23)29)9-13-30(35)32-36/h4-9,11,13,16-18,20,29,31,36H,3,10,12,14-15,19H2,1-2H3,(H,32,35). The fraction of sp³-hybridized carbons (Fsp3) is 0.300. The van der Waals surface area contributed by atoms with Gasteiger partial charge in [-0.05, 0) is 71.7 Å². The highest BCUT2D eigenvalue weighted by Crippen LogP contribution is 2.37. The number of fused-ring (bicyclic) bond motifs is 2. The molecule has 0 aliphatic heterocycles. The highest BCUT2D eigenvalue weighted by molar-refractivity contribution is 5.90. The summed E-state index contributed by atoms with van der Waals surface area (Å²) in [5.41, 5.74) is 10.6. The summed E-state index contributed by atoms with van der Waals surface area (Å²) in [6.07, 6.45) is 11.6. The Morgan fingerprint density at radius 3 is 2.92 bits per heavy atom. The molecule has 0 saturated heterocycles. The number of nitrogens with one attached hydrogen (secondary N) is 2. The third kappa shape index (κ3) is 5.01. The molecule has 1 amide bonds. The number of benzene rings is 2. The number of aryl methyl sites for hydroxylation is 3. The van der Waals surface area contributed by atoms with Crippen molar-refractivity contribution >= 4 is 22.9 Å². The molecule has 1 aliphatic carbocycles. The highest BCUT2D eigenvalue weighted by atomic mass is 16.5. The second-order valence-corrected chi connectivity index (χ2v) is 9.71. The van der Waals surface area contributed by atoms with Crippen LogP contribution in [-0.4, -0.2) is 32.1 Å². The van der Waals surface area contributed by atoms with Crippen molar-refractivity contribution in [2.45, 2.75) is 45.2 Å². The van der Waals surface area contributed by atoms with Crippen LogP contribution in [0.1, 0.15) is 52.9 Å². The summed E-state index contributed by atoms with van der Waals surface area (Å²) in [5, 5.41) is 10.1. The molecule has 0 spiro atoms. The van der Waals surface area contributed by atoms with E-state index in [0.29, 0.717) is 6.04 Å². The number of aromatic nitrogens is 2. The Bertz CT molecular complexity index is 1400. The fourth-order valence-electron chi connectivity index (χ4n) is 5.56. The van der Waals surface area contributed by atoms with Crippen LogP contribution in [0.25, 0.3) is 17.0 Å². The Kier molecular flexibility index (Phi) is 7.07. The molecule has 4 aromatic rings. The van der Waals surface area contributed by atoms with E-state index in [4.69, 9.17) is 5.21 Å². The summed E-state index contributed by atoms with van der Waals surface area (Å²) in [5.74, 6) is -0.522. The van der Waals surface area contributed by atoms with Crippen molar-refractivity contribution in [2.75, 3.05) is 6.54 Å². The first-order valence-electron chi connectivity index (χ1n) is 12.7. The van der Waals surface area contributed by atoms with Gasteiger partial charge in [0.2, 0.25) is 0 Å². The zero-order valence-corrected chi connectivity index (χ0v) is 21.0. The maximum Gasteiger partial charge on any atom is 0.267 e. The number of carbonyl (C=O) groups excluding carboxylic acids is 1. The van der Waals surface area contributed by atoms with Crippen molar-refractivity contribution in [1.82, 2.24) is 19.9 Å². The molecule has 0 fully saturated rings. The minimum Gasteiger partial charge on any atom is -0.365 e. The van der Waals surface area contributed by atoms with Crippen LogP contribution in [-0.2, 0) is 37.6 Å². The lowest BCUT2D eigenvalue weighted by Gasteiger charge is -2.29. The molecule has 2 aromatic heterocycles. The average molecular weight is 483 g/mol. The molecule has 1 aliphatic rings. The van der Waals surface area contributed by atoms with Gasteiger partial charge in [0.15, 0.2) is 0 Å². The van der Waals surface area contributed by atoms with E-state index in [2.05, 4.69) is 89.3 Å². The number of carbonyl (C=O) groups is 1. The van der Waals surface area contributed by atoms with Gasteiger partial charge in [0.05, 0.1) is 0 Å². The number of para-hydroxylation sites is 1. The molecule has 5 rings (SSSR count). The molecule has 6 nitrogen and oxygen atoms in total. The maximum absolute atomic E-state index is 11.4. The predicted octanol–water partition coefficient (Wildman–Crippen LogP) is 5.32. The van der Waals surface area contributed by atoms with E-state index in [1.54, 1.807) is 11.6 Å². The Balaban J connectivity index is 1.40. The number of hydrogen-bond donors (Lipinski definition) is 3. The van der Waals surface area contributed by atoms with Gasteiger partial charge in [-0.25, -0.2) is 5.48 Å². The third-order valence-electron chi connectivity index (χ3n) is 7.41. The molecule has 0 radical (unpaired) electrons. The number of hydrogen-bond acceptors (Lipinski definition) is 3. The van der Waals surface area contributed by atoms with E-state index in [0.717, 1.165) is 44.3 Å². The summed E-state index contributed by atoms with van der Waals surface area (Å²) in [4.78, 5) is 17.4. The quantitative estimate of drug-likeness (QED) is 0.172. The Morgan fingerprint density at radius 1 is 1.25 bits per heavy atom. The van der Waals surface area contributed by atoms with E-state index >= 15 is 0 Å². The van der Waals surface area contributed by atoms with Crippen LogP contribution in [0, 0.1) is 0 Å². The van der Waals surface area contributed by atoms with Gasteiger partial charge < -0.3 is 9.55 Å². The third-order valence-corrected chi connectivity index (χ3v) is 7.41. The molecule has 1 unspecified atom stereocenters. The molecule has 186 valence electrons. The lowest BCUT2D eigenvalue weighted by molar-refractivity contribution is -0.124. The van der Waals surface area contributed by atoms with Crippen molar-refractivity contribution < 1.29 is 10.0 Å². The largest absolute Gasteiger partial charge is 0.365 e. The van der Waals surface area contributed by atoms with Gasteiger partial charge in [0.1, 0.15) is 0 Å². The number of nitrogens with zero attached hydrogens (tertiary/aromatic N) is 2. The maximum atomic E-state index is 11.4. The molecule has 0 bridgehead atoms. The average Bonchev–Trinajstić information content (AvgIpc) is 3.62. The molecule has 3 N–H and O–H groups in total. The van der Waals surface area contributed by atoms with Gasteiger partial charge in [0.25, 0.3) is 5.91 Å². The van der Waals surface area contributed by atoms with Gasteiger partial charge in [-0.15, -0.1) is 0 Å². The van der Waals surface area contributed by atoms with Crippen LogP contribution in [0.5, 0.6) is 0 Å². The lowest BCUT2D eigenvalue weighted by Crippen LogP contribution is -2.29. The topological polar surface area (TPSA) is 73.3 Å². The van der Waals surface area contributed by atoms with E-state index < -0.39 is 5.91 Å². The van der Waals surface area contributed by atoms with Crippen molar-refractivity contribution in [2.24, 2.45) is 7.05 Å². The van der Waals surface area contributed by atoms with E-state index in [9.17, 15) is 4.79 Å². The minimum atomic E-state index is -0.522. The summed E-state index contributed by atoms with van der Waals surface area (Å²) >= 11 is 0. The van der Waals surface area contributed by atoms with Gasteiger partial charge in [-0.2, -0.15) is 0 Å². The SMILES string of the molecule is CCc1cc(CN(CCc2cn(C)c3ccccc23)C2CCc3cc(C=CC(=O)NO)ccc32)c[nH]1. The molecule has 2 heterocycles. The Hall–Kier alpha value is -3.61. The second kappa shape index (κ2) is 10.6. The second-order valence-electron chi connectivity index (χ2n) is 9.71. The van der Waals surface area contributed by atoms with Crippen LogP contribution in [0.2, 0.25) is 0 Å². The van der Waals surface area contributed by atoms with Crippen molar-refractivity contribution in [3.8, 4) is 0 Å². The molecular weight excluding hydrogens is 448 g/mol. The first kappa shape index (κ1) is 24.1. The summed E-state index contributed by atoms with van der Waals surface area (Å²) in [6.45, 7) is 4.06. The molecule has 0 saturated carbocycles. The number of hydroxylamine groups is 1. The predicted molar refractivity (Wildman–Crippen MR) is 144 cm³/mol. The summed E-state index contributed by atoms with van der Waals surface area (Å²) in [7, 11) is 2.12.